The van der Waals surface area contributed by atoms with Gasteiger partial charge in [0.2, 0.25) is 0 Å². The van der Waals surface area contributed by atoms with Crippen LogP contribution in [0.1, 0.15) is 95.2 Å². The Balaban J connectivity index is 1.60. The van der Waals surface area contributed by atoms with Gasteiger partial charge in [-0.05, 0) is 81.6 Å². The Morgan fingerprint density at radius 1 is 0.409 bits per heavy atom. The lowest BCUT2D eigenvalue weighted by Gasteiger charge is -2.08. The summed E-state index contributed by atoms with van der Waals surface area (Å²) in [5, 5.41) is 0. The van der Waals surface area contributed by atoms with Crippen molar-refractivity contribution in [1.29, 1.82) is 0 Å². The molecule has 0 aliphatic carbocycles. The van der Waals surface area contributed by atoms with Gasteiger partial charge in [-0.25, -0.2) is 0 Å². The number of hydrogen-bond acceptors (Lipinski definition) is 0. The second-order valence-corrected chi connectivity index (χ2v) is 11.6. The van der Waals surface area contributed by atoms with Gasteiger partial charge in [0.25, 0.3) is 0 Å². The summed E-state index contributed by atoms with van der Waals surface area (Å²) in [7, 11) is 0. The van der Waals surface area contributed by atoms with Crippen molar-refractivity contribution >= 4 is 24.3 Å². The Labute approximate surface area is 263 Å². The summed E-state index contributed by atoms with van der Waals surface area (Å²) in [6.45, 7) is 8.88. The molecule has 0 heteroatoms. The normalized spacial score (nSPS) is 11.0. The molecule has 0 nitrogen and oxygen atoms in total. The molecule has 5 rings (SSSR count). The second-order valence-electron chi connectivity index (χ2n) is 11.6. The predicted octanol–water partition coefficient (Wildman–Crippen LogP) is 11.1. The molecule has 0 saturated carbocycles. The van der Waals surface area contributed by atoms with Crippen LogP contribution >= 0.6 is 0 Å². The quantitative estimate of drug-likeness (QED) is 0.142. The van der Waals surface area contributed by atoms with Crippen molar-refractivity contribution in [2.75, 3.05) is 0 Å². The van der Waals surface area contributed by atoms with Crippen LogP contribution < -0.4 is 0 Å². The first-order valence-corrected chi connectivity index (χ1v) is 15.3. The van der Waals surface area contributed by atoms with Crippen LogP contribution in [0, 0.1) is 23.7 Å². The van der Waals surface area contributed by atoms with E-state index in [-0.39, 0.29) is 0 Å². The maximum Gasteiger partial charge on any atom is 0.0328 e. The minimum absolute atomic E-state index is 0.507. The highest BCUT2D eigenvalue weighted by Crippen LogP contribution is 2.23. The van der Waals surface area contributed by atoms with Gasteiger partial charge in [-0.1, -0.05) is 161 Å². The van der Waals surface area contributed by atoms with Gasteiger partial charge in [0, 0.05) is 22.3 Å². The van der Waals surface area contributed by atoms with E-state index in [0.717, 1.165) is 44.5 Å². The summed E-state index contributed by atoms with van der Waals surface area (Å²) in [5.74, 6) is 14.7. The molecule has 0 bridgehead atoms. The Morgan fingerprint density at radius 2 is 0.773 bits per heavy atom. The average molecular weight is 567 g/mol. The molecule has 0 radical (unpaired) electrons. The van der Waals surface area contributed by atoms with Gasteiger partial charge in [-0.2, -0.15) is 0 Å². The van der Waals surface area contributed by atoms with Gasteiger partial charge >= 0.3 is 0 Å². The van der Waals surface area contributed by atoms with Crippen LogP contribution in [0.3, 0.4) is 0 Å². The third-order valence-corrected chi connectivity index (χ3v) is 7.57. The van der Waals surface area contributed by atoms with Gasteiger partial charge in [0.1, 0.15) is 0 Å². The first kappa shape index (κ1) is 30.2. The Morgan fingerprint density at radius 3 is 1.11 bits per heavy atom. The zero-order valence-electron chi connectivity index (χ0n) is 26.0. The molecule has 0 atom stereocenters. The molecule has 5 aromatic carbocycles. The molecule has 0 aliphatic heterocycles. The molecule has 0 saturated heterocycles. The van der Waals surface area contributed by atoms with E-state index in [2.05, 4.69) is 136 Å². The molecule has 214 valence electrons. The van der Waals surface area contributed by atoms with E-state index in [0.29, 0.717) is 11.8 Å². The lowest BCUT2D eigenvalue weighted by molar-refractivity contribution is 0.866. The highest BCUT2D eigenvalue weighted by Gasteiger charge is 2.06. The predicted molar refractivity (Wildman–Crippen MR) is 190 cm³/mol. The second kappa shape index (κ2) is 14.7. The largest absolute Gasteiger partial charge is 0.0622 e. The fourth-order valence-corrected chi connectivity index (χ4v) is 4.80. The van der Waals surface area contributed by atoms with Crippen LogP contribution in [0.5, 0.6) is 0 Å². The summed E-state index contributed by atoms with van der Waals surface area (Å²) in [6.07, 6.45) is 8.64. The lowest BCUT2D eigenvalue weighted by atomic mass is 9.95. The monoisotopic (exact) mass is 566 g/mol. The molecule has 0 unspecified atom stereocenters. The van der Waals surface area contributed by atoms with E-state index in [4.69, 9.17) is 0 Å². The summed E-state index contributed by atoms with van der Waals surface area (Å²) in [4.78, 5) is 0. The zero-order valence-corrected chi connectivity index (χ0v) is 26.0. The maximum absolute atomic E-state index is 3.47. The molecule has 0 heterocycles. The van der Waals surface area contributed by atoms with Crippen molar-refractivity contribution in [1.82, 2.24) is 0 Å². The van der Waals surface area contributed by atoms with Crippen LogP contribution in [0.25, 0.3) is 24.3 Å². The van der Waals surface area contributed by atoms with Crippen LogP contribution in [-0.2, 0) is 0 Å². The van der Waals surface area contributed by atoms with E-state index in [1.807, 2.05) is 60.7 Å². The molecule has 0 aromatic heterocycles. The third-order valence-electron chi connectivity index (χ3n) is 7.57. The standard InChI is InChI=1S/C44H38/c1-33(2)39-23-15-37(16-24-39)21-29-43-31-42(28-20-36-13-9-6-10-14-36)44(30-22-38-17-25-40(26-18-38)34(3)4)32-41(43)27-19-35-11-7-5-8-12-35/h5-18,21-26,29-34H,1-4H3/b29-21+,30-22+. The average Bonchev–Trinajstić information content (AvgIpc) is 3.06. The molecular weight excluding hydrogens is 528 g/mol. The van der Waals surface area contributed by atoms with Crippen molar-refractivity contribution in [3.05, 3.63) is 177 Å². The van der Waals surface area contributed by atoms with Gasteiger partial charge in [-0.15, -0.1) is 0 Å². The van der Waals surface area contributed by atoms with E-state index < -0.39 is 0 Å². The molecule has 0 fully saturated rings. The smallest absolute Gasteiger partial charge is 0.0328 e. The summed E-state index contributed by atoms with van der Waals surface area (Å²) in [5.41, 5.74) is 11.0. The number of benzene rings is 5. The van der Waals surface area contributed by atoms with Crippen molar-refractivity contribution in [3.63, 3.8) is 0 Å². The van der Waals surface area contributed by atoms with Gasteiger partial charge in [0.05, 0.1) is 0 Å². The Hall–Kier alpha value is -5.30. The van der Waals surface area contributed by atoms with Crippen LogP contribution in [-0.4, -0.2) is 0 Å². The molecular formula is C44H38. The SMILES string of the molecule is CC(C)c1ccc(/C=C/c2cc(C#Cc3ccccc3)c(/C=C/c3ccc(C(C)C)cc3)cc2C#Cc2ccccc2)cc1. The van der Waals surface area contributed by atoms with Gasteiger partial charge < -0.3 is 0 Å². The molecule has 0 spiro atoms. The van der Waals surface area contributed by atoms with Crippen molar-refractivity contribution in [3.8, 4) is 23.7 Å². The fraction of sp³-hybridized carbons (Fsp3) is 0.136. The maximum atomic E-state index is 3.47. The number of hydrogen-bond donors (Lipinski definition) is 0. The molecule has 0 aliphatic rings. The van der Waals surface area contributed by atoms with E-state index >= 15 is 0 Å². The van der Waals surface area contributed by atoms with E-state index in [1.165, 1.54) is 11.1 Å². The molecule has 44 heavy (non-hydrogen) atoms. The van der Waals surface area contributed by atoms with Gasteiger partial charge in [0.15, 0.2) is 0 Å². The van der Waals surface area contributed by atoms with Crippen molar-refractivity contribution < 1.29 is 0 Å². The van der Waals surface area contributed by atoms with Crippen molar-refractivity contribution in [2.24, 2.45) is 0 Å². The zero-order chi connectivity index (χ0) is 30.7. The highest BCUT2D eigenvalue weighted by atomic mass is 14.1. The summed E-state index contributed by atoms with van der Waals surface area (Å²) < 4.78 is 0. The topological polar surface area (TPSA) is 0 Å². The van der Waals surface area contributed by atoms with Crippen molar-refractivity contribution in [2.45, 2.75) is 39.5 Å². The van der Waals surface area contributed by atoms with Gasteiger partial charge in [-0.3, -0.25) is 0 Å². The molecule has 0 N–H and O–H groups in total. The third kappa shape index (κ3) is 8.38. The minimum atomic E-state index is 0.507. The van der Waals surface area contributed by atoms with Crippen LogP contribution in [0.4, 0.5) is 0 Å². The molecule has 5 aromatic rings. The highest BCUT2D eigenvalue weighted by molar-refractivity contribution is 5.79. The summed E-state index contributed by atoms with van der Waals surface area (Å²) >= 11 is 0. The first-order chi connectivity index (χ1) is 21.4. The Kier molecular flexibility index (Phi) is 10.1. The number of rotatable bonds is 6. The molecule has 0 amide bonds. The van der Waals surface area contributed by atoms with E-state index in [1.54, 1.807) is 0 Å². The lowest BCUT2D eigenvalue weighted by Crippen LogP contribution is -1.91. The minimum Gasteiger partial charge on any atom is -0.0622 e. The summed E-state index contributed by atoms with van der Waals surface area (Å²) in [6, 6.07) is 42.2. The Bertz CT molecular complexity index is 1720. The first-order valence-electron chi connectivity index (χ1n) is 15.3. The van der Waals surface area contributed by atoms with Crippen LogP contribution in [0.15, 0.2) is 121 Å². The van der Waals surface area contributed by atoms with E-state index in [9.17, 15) is 0 Å². The van der Waals surface area contributed by atoms with Crippen LogP contribution in [0.2, 0.25) is 0 Å². The fourth-order valence-electron chi connectivity index (χ4n) is 4.80.